The molecule has 2 aromatic heterocycles. The van der Waals surface area contributed by atoms with Crippen molar-refractivity contribution < 1.29 is 14.2 Å². The molecule has 0 fully saturated rings. The van der Waals surface area contributed by atoms with Crippen molar-refractivity contribution in [1.29, 1.82) is 0 Å². The van der Waals surface area contributed by atoms with Crippen molar-refractivity contribution in [3.05, 3.63) is 56.7 Å². The molecule has 4 rings (SSSR count). The fraction of sp³-hybridized carbons (Fsp3) is 0.316. The summed E-state index contributed by atoms with van der Waals surface area (Å²) in [5.41, 5.74) is 1.05. The van der Waals surface area contributed by atoms with E-state index in [-0.39, 0.29) is 18.4 Å². The Hall–Kier alpha value is -1.80. The van der Waals surface area contributed by atoms with Crippen LogP contribution in [0.25, 0.3) is 0 Å². The maximum Gasteiger partial charge on any atom is 0.165 e. The summed E-state index contributed by atoms with van der Waals surface area (Å²) in [5.74, 6) is 2.32. The van der Waals surface area contributed by atoms with E-state index >= 15 is 0 Å². The molecule has 0 spiro atoms. The molecule has 3 aromatic rings. The molecular formula is C19H21ClN2O3S2. The molecule has 0 radical (unpaired) electrons. The number of halogens is 1. The van der Waals surface area contributed by atoms with E-state index in [1.165, 1.54) is 4.88 Å². The quantitative estimate of drug-likeness (QED) is 0.606. The first-order valence-corrected chi connectivity index (χ1v) is 10.2. The smallest absolute Gasteiger partial charge is 0.165 e. The zero-order chi connectivity index (χ0) is 17.8. The standard InChI is InChI=1S/C19H20N2O3S2.ClH/c1-22-16-11-18-17(23-5-6-24-18)9-13(16)12-21-15(19-20-4-8-26-19)10-14-3-2-7-25-14;/h2-4,7-9,11,15,21H,5-6,10,12H2,1H3;1H. The summed E-state index contributed by atoms with van der Waals surface area (Å²) in [6.07, 6.45) is 2.77. The Morgan fingerprint density at radius 1 is 1.19 bits per heavy atom. The third kappa shape index (κ3) is 4.73. The van der Waals surface area contributed by atoms with Crippen LogP contribution in [-0.4, -0.2) is 25.3 Å². The molecule has 0 aliphatic carbocycles. The van der Waals surface area contributed by atoms with E-state index in [2.05, 4.69) is 27.8 Å². The van der Waals surface area contributed by atoms with Gasteiger partial charge in [0.2, 0.25) is 0 Å². The van der Waals surface area contributed by atoms with Crippen molar-refractivity contribution in [3.8, 4) is 17.2 Å². The first-order valence-electron chi connectivity index (χ1n) is 8.45. The molecule has 1 aliphatic heterocycles. The van der Waals surface area contributed by atoms with E-state index < -0.39 is 0 Å². The van der Waals surface area contributed by atoms with Gasteiger partial charge in [0.25, 0.3) is 0 Å². The maximum atomic E-state index is 5.71. The molecule has 8 heteroatoms. The van der Waals surface area contributed by atoms with Crippen LogP contribution in [-0.2, 0) is 13.0 Å². The van der Waals surface area contributed by atoms with Gasteiger partial charge in [-0.1, -0.05) is 6.07 Å². The van der Waals surface area contributed by atoms with E-state index in [1.807, 2.05) is 23.7 Å². The van der Waals surface area contributed by atoms with Crippen LogP contribution in [0.2, 0.25) is 0 Å². The third-order valence-electron chi connectivity index (χ3n) is 4.22. The number of fused-ring (bicyclic) bond motifs is 1. The SMILES string of the molecule is COc1cc2c(cc1CNC(Cc1cccs1)c1nccs1)OCCO2.Cl. The minimum absolute atomic E-state index is 0. The van der Waals surface area contributed by atoms with Gasteiger partial charge in [0.05, 0.1) is 13.2 Å². The lowest BCUT2D eigenvalue weighted by Crippen LogP contribution is -2.23. The minimum atomic E-state index is 0. The van der Waals surface area contributed by atoms with Gasteiger partial charge in [-0.05, 0) is 17.5 Å². The summed E-state index contributed by atoms with van der Waals surface area (Å²) in [6.45, 7) is 1.81. The van der Waals surface area contributed by atoms with Crippen LogP contribution in [0.1, 0.15) is 21.5 Å². The van der Waals surface area contributed by atoms with Gasteiger partial charge in [-0.25, -0.2) is 4.98 Å². The largest absolute Gasteiger partial charge is 0.496 e. The van der Waals surface area contributed by atoms with Crippen LogP contribution in [0.3, 0.4) is 0 Å². The predicted molar refractivity (Wildman–Crippen MR) is 111 cm³/mol. The van der Waals surface area contributed by atoms with Gasteiger partial charge in [0.1, 0.15) is 24.0 Å². The van der Waals surface area contributed by atoms with Crippen molar-refractivity contribution in [3.63, 3.8) is 0 Å². The van der Waals surface area contributed by atoms with Gasteiger partial charge >= 0.3 is 0 Å². The molecule has 27 heavy (non-hydrogen) atoms. The molecule has 144 valence electrons. The summed E-state index contributed by atoms with van der Waals surface area (Å²) in [6, 6.07) is 8.32. The molecule has 3 heterocycles. The molecule has 1 N–H and O–H groups in total. The van der Waals surface area contributed by atoms with Crippen molar-refractivity contribution in [2.75, 3.05) is 20.3 Å². The molecule has 1 unspecified atom stereocenters. The van der Waals surface area contributed by atoms with Gasteiger partial charge in [-0.15, -0.1) is 35.1 Å². The highest BCUT2D eigenvalue weighted by molar-refractivity contribution is 7.10. The second-order valence-corrected chi connectivity index (χ2v) is 7.85. The van der Waals surface area contributed by atoms with Crippen molar-refractivity contribution in [2.24, 2.45) is 0 Å². The first-order chi connectivity index (χ1) is 12.8. The Labute approximate surface area is 172 Å². The topological polar surface area (TPSA) is 52.6 Å². The highest BCUT2D eigenvalue weighted by Gasteiger charge is 2.19. The zero-order valence-corrected chi connectivity index (χ0v) is 17.3. The number of ether oxygens (including phenoxy) is 3. The van der Waals surface area contributed by atoms with Crippen molar-refractivity contribution in [2.45, 2.75) is 19.0 Å². The summed E-state index contributed by atoms with van der Waals surface area (Å²) in [7, 11) is 1.68. The lowest BCUT2D eigenvalue weighted by Gasteiger charge is -2.22. The first kappa shape index (κ1) is 19.9. The highest BCUT2D eigenvalue weighted by atomic mass is 35.5. The van der Waals surface area contributed by atoms with E-state index in [1.54, 1.807) is 29.8 Å². The number of nitrogens with zero attached hydrogens (tertiary/aromatic N) is 1. The molecule has 1 atom stereocenters. The van der Waals surface area contributed by atoms with E-state index in [0.717, 1.165) is 34.2 Å². The molecule has 0 saturated heterocycles. The number of nitrogens with one attached hydrogen (secondary N) is 1. The van der Waals surface area contributed by atoms with E-state index in [4.69, 9.17) is 14.2 Å². The fourth-order valence-electron chi connectivity index (χ4n) is 2.96. The predicted octanol–water partition coefficient (Wildman–Crippen LogP) is 4.48. The van der Waals surface area contributed by atoms with E-state index in [9.17, 15) is 0 Å². The average molecular weight is 425 g/mol. The monoisotopic (exact) mass is 424 g/mol. The van der Waals surface area contributed by atoms with Crippen LogP contribution >= 0.6 is 35.1 Å². The third-order valence-corrected chi connectivity index (χ3v) is 6.01. The molecule has 5 nitrogen and oxygen atoms in total. The second kappa shape index (κ2) is 9.41. The normalized spacial score (nSPS) is 13.7. The molecule has 0 saturated carbocycles. The molecule has 0 amide bonds. The minimum Gasteiger partial charge on any atom is -0.496 e. The Bertz CT molecular complexity index is 841. The van der Waals surface area contributed by atoms with Gasteiger partial charge in [0, 0.05) is 41.0 Å². The fourth-order valence-corrected chi connectivity index (χ4v) is 4.42. The lowest BCUT2D eigenvalue weighted by atomic mass is 10.1. The van der Waals surface area contributed by atoms with Crippen molar-refractivity contribution in [1.82, 2.24) is 10.3 Å². The highest BCUT2D eigenvalue weighted by Crippen LogP contribution is 2.37. The summed E-state index contributed by atoms with van der Waals surface area (Å²) < 4.78 is 16.9. The van der Waals surface area contributed by atoms with Crippen LogP contribution < -0.4 is 19.5 Å². The van der Waals surface area contributed by atoms with Crippen LogP contribution in [0.15, 0.2) is 41.2 Å². The van der Waals surface area contributed by atoms with Crippen LogP contribution in [0.5, 0.6) is 17.2 Å². The second-order valence-electron chi connectivity index (χ2n) is 5.90. The number of thiazole rings is 1. The van der Waals surface area contributed by atoms with Gasteiger partial charge < -0.3 is 19.5 Å². The Kier molecular flexibility index (Phi) is 6.95. The summed E-state index contributed by atoms with van der Waals surface area (Å²) >= 11 is 3.45. The van der Waals surface area contributed by atoms with Crippen molar-refractivity contribution >= 4 is 35.1 Å². The number of rotatable bonds is 7. The number of aromatic nitrogens is 1. The summed E-state index contributed by atoms with van der Waals surface area (Å²) in [5, 5.41) is 8.86. The average Bonchev–Trinajstić information content (AvgIpc) is 3.38. The number of hydrogen-bond acceptors (Lipinski definition) is 7. The Balaban J connectivity index is 0.00000210. The number of thiophene rings is 1. The van der Waals surface area contributed by atoms with Gasteiger partial charge in [-0.3, -0.25) is 0 Å². The molecule has 1 aliphatic rings. The Morgan fingerprint density at radius 2 is 2.00 bits per heavy atom. The maximum absolute atomic E-state index is 5.71. The lowest BCUT2D eigenvalue weighted by molar-refractivity contribution is 0.170. The summed E-state index contributed by atoms with van der Waals surface area (Å²) in [4.78, 5) is 5.85. The van der Waals surface area contributed by atoms with Gasteiger partial charge in [-0.2, -0.15) is 0 Å². The number of hydrogen-bond donors (Lipinski definition) is 1. The van der Waals surface area contributed by atoms with E-state index in [0.29, 0.717) is 19.8 Å². The number of methoxy groups -OCH3 is 1. The molecular weight excluding hydrogens is 404 g/mol. The molecule has 0 bridgehead atoms. The zero-order valence-electron chi connectivity index (χ0n) is 14.8. The number of benzene rings is 1. The van der Waals surface area contributed by atoms with Gasteiger partial charge in [0.15, 0.2) is 11.5 Å². The Morgan fingerprint density at radius 3 is 2.67 bits per heavy atom. The van der Waals surface area contributed by atoms with Crippen LogP contribution in [0, 0.1) is 0 Å². The molecule has 1 aromatic carbocycles. The van der Waals surface area contributed by atoms with Crippen LogP contribution in [0.4, 0.5) is 0 Å².